The third kappa shape index (κ3) is 4.06. The molecule has 29 heavy (non-hydrogen) atoms. The summed E-state index contributed by atoms with van der Waals surface area (Å²) in [7, 11) is 0. The van der Waals surface area contributed by atoms with Gasteiger partial charge in [0.15, 0.2) is 0 Å². The first kappa shape index (κ1) is 18.2. The Kier molecular flexibility index (Phi) is 4.90. The van der Waals surface area contributed by atoms with E-state index in [1.165, 1.54) is 23.2 Å². The summed E-state index contributed by atoms with van der Waals surface area (Å²) in [6.45, 7) is -0.175. The fourth-order valence-electron chi connectivity index (χ4n) is 2.73. The Hall–Kier alpha value is -4.20. The van der Waals surface area contributed by atoms with Gasteiger partial charge in [-0.3, -0.25) is 14.2 Å². The number of fused-ring (bicyclic) bond motifs is 1. The molecule has 8 heteroatoms. The van der Waals surface area contributed by atoms with Gasteiger partial charge in [0.05, 0.1) is 23.5 Å². The van der Waals surface area contributed by atoms with Crippen LogP contribution in [0.25, 0.3) is 10.9 Å². The largest absolute Gasteiger partial charge is 0.457 e. The lowest BCUT2D eigenvalue weighted by atomic mass is 10.2. The molecule has 2 aromatic carbocycles. The monoisotopic (exact) mass is 389 g/mol. The highest BCUT2D eigenvalue weighted by atomic mass is 16.5. The van der Waals surface area contributed by atoms with Gasteiger partial charge in [-0.15, -0.1) is 0 Å². The molecule has 0 saturated carbocycles. The van der Waals surface area contributed by atoms with Crippen LogP contribution in [0.5, 0.6) is 5.75 Å². The Bertz CT molecular complexity index is 1230. The van der Waals surface area contributed by atoms with Crippen LogP contribution < -0.4 is 15.6 Å². The molecule has 4 aromatic rings. The number of nitrogens with one attached hydrogen (secondary N) is 1. The summed E-state index contributed by atoms with van der Waals surface area (Å²) in [4.78, 5) is 40.8. The zero-order valence-electron chi connectivity index (χ0n) is 15.1. The molecule has 0 atom stereocenters. The molecule has 0 radical (unpaired) electrons. The first-order valence-electron chi connectivity index (χ1n) is 8.70. The molecule has 0 aliphatic heterocycles. The van der Waals surface area contributed by atoms with Crippen LogP contribution in [0.2, 0.25) is 0 Å². The highest BCUT2D eigenvalue weighted by molar-refractivity contribution is 5.91. The summed E-state index contributed by atoms with van der Waals surface area (Å²) in [5.41, 5.74) is 0.786. The zero-order valence-corrected chi connectivity index (χ0v) is 15.1. The van der Waals surface area contributed by atoms with Gasteiger partial charge < -0.3 is 14.5 Å². The number of hydrogen-bond donors (Lipinski definition) is 1. The molecule has 1 amide bonds. The quantitative estimate of drug-likeness (QED) is 0.416. The second-order valence-corrected chi connectivity index (χ2v) is 6.13. The normalized spacial score (nSPS) is 10.6. The molecule has 0 unspecified atom stereocenters. The van der Waals surface area contributed by atoms with Crippen LogP contribution >= 0.6 is 0 Å². The number of hydrogen-bond acceptors (Lipinski definition) is 6. The van der Waals surface area contributed by atoms with Crippen LogP contribution in [0.3, 0.4) is 0 Å². The number of nitrogens with zero attached hydrogens (tertiary/aromatic N) is 2. The average Bonchev–Trinajstić information content (AvgIpc) is 3.27. The summed E-state index contributed by atoms with van der Waals surface area (Å²) in [6, 6.07) is 16.3. The second kappa shape index (κ2) is 7.81. The molecule has 0 aliphatic rings. The Balaban J connectivity index is 1.40. The number of benzene rings is 2. The number of amides is 1. The van der Waals surface area contributed by atoms with Crippen molar-refractivity contribution in [1.82, 2.24) is 9.55 Å². The van der Waals surface area contributed by atoms with E-state index in [0.717, 1.165) is 0 Å². The van der Waals surface area contributed by atoms with Crippen molar-refractivity contribution in [2.24, 2.45) is 0 Å². The number of aromatic nitrogens is 2. The third-order valence-electron chi connectivity index (χ3n) is 4.12. The molecule has 0 fully saturated rings. The molecule has 144 valence electrons. The molecule has 8 nitrogen and oxygen atoms in total. The Labute approximate surface area is 164 Å². The van der Waals surface area contributed by atoms with E-state index in [4.69, 9.17) is 9.15 Å². The average molecular weight is 389 g/mol. The summed E-state index contributed by atoms with van der Waals surface area (Å²) < 4.78 is 11.4. The molecule has 2 heterocycles. The van der Waals surface area contributed by atoms with Crippen molar-refractivity contribution in [2.75, 3.05) is 5.32 Å². The Morgan fingerprint density at radius 1 is 1.03 bits per heavy atom. The van der Waals surface area contributed by atoms with Crippen molar-refractivity contribution in [2.45, 2.75) is 6.54 Å². The van der Waals surface area contributed by atoms with Crippen molar-refractivity contribution in [3.63, 3.8) is 0 Å². The number of ether oxygens (including phenoxy) is 1. The first-order valence-corrected chi connectivity index (χ1v) is 8.70. The van der Waals surface area contributed by atoms with Gasteiger partial charge in [-0.1, -0.05) is 12.1 Å². The predicted octanol–water partition coefficient (Wildman–Crippen LogP) is 2.85. The predicted molar refractivity (Wildman–Crippen MR) is 105 cm³/mol. The van der Waals surface area contributed by atoms with E-state index in [0.29, 0.717) is 22.3 Å². The molecule has 0 aliphatic carbocycles. The molecule has 4 rings (SSSR count). The van der Waals surface area contributed by atoms with Gasteiger partial charge in [0.25, 0.3) is 5.56 Å². The maximum Gasteiger partial charge on any atom is 0.379 e. The number of rotatable bonds is 5. The van der Waals surface area contributed by atoms with Gasteiger partial charge in [-0.25, -0.2) is 9.78 Å². The van der Waals surface area contributed by atoms with Gasteiger partial charge in [0.1, 0.15) is 12.3 Å². The molecule has 2 aromatic heterocycles. The van der Waals surface area contributed by atoms with Crippen LogP contribution in [-0.4, -0.2) is 21.4 Å². The molecule has 1 N–H and O–H groups in total. The lowest BCUT2D eigenvalue weighted by molar-refractivity contribution is -0.116. The van der Waals surface area contributed by atoms with Crippen molar-refractivity contribution < 1.29 is 18.7 Å². The smallest absolute Gasteiger partial charge is 0.379 e. The maximum absolute atomic E-state index is 12.4. The van der Waals surface area contributed by atoms with Crippen LogP contribution in [0, 0.1) is 0 Å². The lowest BCUT2D eigenvalue weighted by Crippen LogP contribution is -2.27. The minimum absolute atomic E-state index is 0.0943. The second-order valence-electron chi connectivity index (χ2n) is 6.13. The van der Waals surface area contributed by atoms with E-state index >= 15 is 0 Å². The highest BCUT2D eigenvalue weighted by Crippen LogP contribution is 2.17. The number of furan rings is 1. The van der Waals surface area contributed by atoms with Gasteiger partial charge in [0, 0.05) is 5.69 Å². The van der Waals surface area contributed by atoms with Crippen LogP contribution in [0.15, 0.2) is 82.5 Å². The highest BCUT2D eigenvalue weighted by Gasteiger charge is 2.12. The molecule has 0 bridgehead atoms. The third-order valence-corrected chi connectivity index (χ3v) is 4.12. The molecule has 0 saturated heterocycles. The van der Waals surface area contributed by atoms with Crippen molar-refractivity contribution in [1.29, 1.82) is 0 Å². The molecule has 0 spiro atoms. The molecular formula is C21H15N3O5. The maximum atomic E-state index is 12.4. The number of esters is 1. The van der Waals surface area contributed by atoms with Gasteiger partial charge in [-0.2, -0.15) is 0 Å². The fraction of sp³-hybridized carbons (Fsp3) is 0.0476. The first-order chi connectivity index (χ1) is 14.1. The van der Waals surface area contributed by atoms with Crippen molar-refractivity contribution in [3.8, 4) is 5.75 Å². The lowest BCUT2D eigenvalue weighted by Gasteiger charge is -2.09. The standard InChI is InChI=1S/C21H15N3O5/c25-19(12-24-13-22-17-5-2-1-4-16(17)20(24)26)23-14-7-9-15(10-8-14)29-21(27)18-6-3-11-28-18/h1-11,13H,12H2,(H,23,25). The van der Waals surface area contributed by atoms with Gasteiger partial charge >= 0.3 is 5.97 Å². The summed E-state index contributed by atoms with van der Waals surface area (Å²) in [5, 5.41) is 3.14. The number of carbonyl (C=O) groups excluding carboxylic acids is 2. The van der Waals surface area contributed by atoms with E-state index in [2.05, 4.69) is 10.3 Å². The minimum atomic E-state index is -0.616. The summed E-state index contributed by atoms with van der Waals surface area (Å²) in [6.07, 6.45) is 2.73. The minimum Gasteiger partial charge on any atom is -0.457 e. The number of anilines is 1. The number of para-hydroxylation sites is 1. The van der Waals surface area contributed by atoms with Gasteiger partial charge in [-0.05, 0) is 48.5 Å². The van der Waals surface area contributed by atoms with E-state index in [1.807, 2.05) is 0 Å². The van der Waals surface area contributed by atoms with Crippen LogP contribution in [0.1, 0.15) is 10.6 Å². The number of carbonyl (C=O) groups is 2. The van der Waals surface area contributed by atoms with Crippen LogP contribution in [-0.2, 0) is 11.3 Å². The fourth-order valence-corrected chi connectivity index (χ4v) is 2.73. The van der Waals surface area contributed by atoms with E-state index in [9.17, 15) is 14.4 Å². The summed E-state index contributed by atoms with van der Waals surface area (Å²) in [5.74, 6) is -0.601. The van der Waals surface area contributed by atoms with E-state index in [1.54, 1.807) is 54.6 Å². The van der Waals surface area contributed by atoms with E-state index < -0.39 is 5.97 Å². The van der Waals surface area contributed by atoms with Gasteiger partial charge in [0.2, 0.25) is 11.7 Å². The van der Waals surface area contributed by atoms with Crippen molar-refractivity contribution >= 4 is 28.5 Å². The van der Waals surface area contributed by atoms with Crippen LogP contribution in [0.4, 0.5) is 5.69 Å². The SMILES string of the molecule is O=C(Cn1cnc2ccccc2c1=O)Nc1ccc(OC(=O)c2ccco2)cc1. The molecular weight excluding hydrogens is 374 g/mol. The topological polar surface area (TPSA) is 103 Å². The Morgan fingerprint density at radius 2 is 1.83 bits per heavy atom. The Morgan fingerprint density at radius 3 is 2.59 bits per heavy atom. The zero-order chi connectivity index (χ0) is 20.2. The van der Waals surface area contributed by atoms with E-state index in [-0.39, 0.29) is 23.8 Å². The van der Waals surface area contributed by atoms with Crippen molar-refractivity contribution in [3.05, 3.63) is 89.4 Å². The summed E-state index contributed by atoms with van der Waals surface area (Å²) >= 11 is 0.